The predicted molar refractivity (Wildman–Crippen MR) is 81.0 cm³/mol. The van der Waals surface area contributed by atoms with Crippen molar-refractivity contribution in [2.75, 3.05) is 0 Å². The molecule has 20 heavy (non-hydrogen) atoms. The lowest BCUT2D eigenvalue weighted by Crippen LogP contribution is -2.27. The zero-order valence-corrected chi connectivity index (χ0v) is 12.1. The van der Waals surface area contributed by atoms with Crippen molar-refractivity contribution in [2.24, 2.45) is 7.05 Å². The van der Waals surface area contributed by atoms with Crippen LogP contribution >= 0.6 is 0 Å². The highest BCUT2D eigenvalue weighted by Crippen LogP contribution is 2.30. The largest absolute Gasteiger partial charge is 0.348 e. The number of pyridine rings is 1. The number of aryl methyl sites for hydroxylation is 1. The van der Waals surface area contributed by atoms with E-state index in [-0.39, 0.29) is 11.1 Å². The van der Waals surface area contributed by atoms with Gasteiger partial charge in [0.15, 0.2) is 0 Å². The van der Waals surface area contributed by atoms with Gasteiger partial charge < -0.3 is 0 Å². The SMILES string of the molecule is Cn1c(=O)nc(C(C)(C)C)c2ccc3cccnc3c21. The summed E-state index contributed by atoms with van der Waals surface area (Å²) in [5.74, 6) is 0. The monoisotopic (exact) mass is 267 g/mol. The zero-order valence-electron chi connectivity index (χ0n) is 12.1. The van der Waals surface area contributed by atoms with Gasteiger partial charge in [0.25, 0.3) is 0 Å². The summed E-state index contributed by atoms with van der Waals surface area (Å²) >= 11 is 0. The minimum atomic E-state index is -0.236. The molecule has 102 valence electrons. The van der Waals surface area contributed by atoms with Crippen LogP contribution in [-0.2, 0) is 12.5 Å². The second-order valence-electron chi connectivity index (χ2n) is 6.09. The molecule has 0 saturated carbocycles. The Morgan fingerprint density at radius 2 is 1.90 bits per heavy atom. The van der Waals surface area contributed by atoms with Crippen molar-refractivity contribution in [3.63, 3.8) is 0 Å². The summed E-state index contributed by atoms with van der Waals surface area (Å²) in [6.07, 6.45) is 1.75. The smallest absolute Gasteiger partial charge is 0.293 e. The van der Waals surface area contributed by atoms with Gasteiger partial charge in [0.2, 0.25) is 0 Å². The third-order valence-corrected chi connectivity index (χ3v) is 3.54. The molecule has 0 aliphatic rings. The molecule has 0 saturated heterocycles. The molecule has 0 atom stereocenters. The molecule has 1 aromatic carbocycles. The van der Waals surface area contributed by atoms with E-state index in [1.807, 2.05) is 24.3 Å². The van der Waals surface area contributed by atoms with Crippen LogP contribution in [0.3, 0.4) is 0 Å². The Hall–Kier alpha value is -2.23. The molecule has 0 spiro atoms. The quantitative estimate of drug-likeness (QED) is 0.588. The Morgan fingerprint density at radius 3 is 2.60 bits per heavy atom. The van der Waals surface area contributed by atoms with Crippen LogP contribution in [0.1, 0.15) is 26.5 Å². The number of aromatic nitrogens is 3. The van der Waals surface area contributed by atoms with Crippen LogP contribution in [0.25, 0.3) is 21.8 Å². The summed E-state index contributed by atoms with van der Waals surface area (Å²) < 4.78 is 1.58. The van der Waals surface area contributed by atoms with Gasteiger partial charge >= 0.3 is 5.69 Å². The average Bonchev–Trinajstić information content (AvgIpc) is 2.40. The van der Waals surface area contributed by atoms with Crippen LogP contribution in [0.15, 0.2) is 35.3 Å². The van der Waals surface area contributed by atoms with Crippen molar-refractivity contribution in [1.82, 2.24) is 14.5 Å². The van der Waals surface area contributed by atoms with Gasteiger partial charge in [-0.1, -0.05) is 39.0 Å². The summed E-state index contributed by atoms with van der Waals surface area (Å²) in [6, 6.07) is 7.97. The molecule has 0 aliphatic carbocycles. The third-order valence-electron chi connectivity index (χ3n) is 3.54. The molecular weight excluding hydrogens is 250 g/mol. The summed E-state index contributed by atoms with van der Waals surface area (Å²) in [5, 5.41) is 2.02. The first-order valence-electron chi connectivity index (χ1n) is 6.64. The summed E-state index contributed by atoms with van der Waals surface area (Å²) in [6.45, 7) is 6.20. The van der Waals surface area contributed by atoms with Gasteiger partial charge in [-0.15, -0.1) is 0 Å². The molecule has 2 aromatic heterocycles. The molecule has 0 unspecified atom stereocenters. The Kier molecular flexibility index (Phi) is 2.64. The van der Waals surface area contributed by atoms with Gasteiger partial charge in [-0.3, -0.25) is 9.55 Å². The number of nitrogens with zero attached hydrogens (tertiary/aromatic N) is 3. The summed E-state index contributed by atoms with van der Waals surface area (Å²) in [4.78, 5) is 20.9. The standard InChI is InChI=1S/C16H17N3O/c1-16(2,3)14-11-8-7-10-6-5-9-17-12(10)13(11)19(4)15(20)18-14/h5-9H,1-4H3. The number of hydrogen-bond acceptors (Lipinski definition) is 3. The van der Waals surface area contributed by atoms with Crippen LogP contribution in [0.5, 0.6) is 0 Å². The highest BCUT2D eigenvalue weighted by atomic mass is 16.1. The van der Waals surface area contributed by atoms with Crippen LogP contribution in [0, 0.1) is 0 Å². The second kappa shape index (κ2) is 4.13. The first-order valence-corrected chi connectivity index (χ1v) is 6.64. The maximum absolute atomic E-state index is 12.2. The van der Waals surface area contributed by atoms with Gasteiger partial charge in [-0.05, 0) is 6.07 Å². The summed E-state index contributed by atoms with van der Waals surface area (Å²) in [5.41, 5.74) is 2.10. The topological polar surface area (TPSA) is 47.8 Å². The van der Waals surface area contributed by atoms with Crippen LogP contribution < -0.4 is 5.69 Å². The molecule has 0 amide bonds. The van der Waals surface area contributed by atoms with Crippen molar-refractivity contribution in [2.45, 2.75) is 26.2 Å². The molecular formula is C16H17N3O. The van der Waals surface area contributed by atoms with Gasteiger partial charge in [-0.25, -0.2) is 4.79 Å². The Bertz CT molecular complexity index is 872. The molecule has 0 bridgehead atoms. The highest BCUT2D eigenvalue weighted by Gasteiger charge is 2.21. The van der Waals surface area contributed by atoms with Crippen molar-refractivity contribution in [3.8, 4) is 0 Å². The van der Waals surface area contributed by atoms with E-state index in [1.165, 1.54) is 0 Å². The van der Waals surface area contributed by atoms with E-state index in [9.17, 15) is 4.79 Å². The van der Waals surface area contributed by atoms with Gasteiger partial charge in [0.1, 0.15) is 0 Å². The van der Waals surface area contributed by atoms with Gasteiger partial charge in [0.05, 0.1) is 16.7 Å². The highest BCUT2D eigenvalue weighted by molar-refractivity contribution is 6.03. The van der Waals surface area contributed by atoms with E-state index < -0.39 is 0 Å². The molecule has 3 rings (SSSR count). The second-order valence-corrected chi connectivity index (χ2v) is 6.09. The number of hydrogen-bond donors (Lipinski definition) is 0. The average molecular weight is 267 g/mol. The van der Waals surface area contributed by atoms with Gasteiger partial charge in [-0.2, -0.15) is 4.98 Å². The van der Waals surface area contributed by atoms with Crippen molar-refractivity contribution in [3.05, 3.63) is 46.6 Å². The zero-order chi connectivity index (χ0) is 14.5. The minimum Gasteiger partial charge on any atom is -0.293 e. The van der Waals surface area contributed by atoms with Crippen molar-refractivity contribution < 1.29 is 0 Å². The Morgan fingerprint density at radius 1 is 1.15 bits per heavy atom. The van der Waals surface area contributed by atoms with E-state index >= 15 is 0 Å². The first-order chi connectivity index (χ1) is 9.39. The van der Waals surface area contributed by atoms with E-state index in [0.717, 1.165) is 27.5 Å². The lowest BCUT2D eigenvalue weighted by atomic mass is 9.89. The Labute approximate surface area is 117 Å². The third kappa shape index (κ3) is 1.80. The molecule has 4 nitrogen and oxygen atoms in total. The van der Waals surface area contributed by atoms with Crippen LogP contribution in [-0.4, -0.2) is 14.5 Å². The summed E-state index contributed by atoms with van der Waals surface area (Å²) in [7, 11) is 1.75. The maximum Gasteiger partial charge on any atom is 0.348 e. The molecule has 0 aliphatic heterocycles. The van der Waals surface area contributed by atoms with E-state index in [4.69, 9.17) is 0 Å². The maximum atomic E-state index is 12.2. The minimum absolute atomic E-state index is 0.186. The number of rotatable bonds is 0. The molecule has 2 heterocycles. The predicted octanol–water partition coefficient (Wildman–Crippen LogP) is 2.78. The van der Waals surface area contributed by atoms with E-state index in [0.29, 0.717) is 0 Å². The van der Waals surface area contributed by atoms with Crippen molar-refractivity contribution >= 4 is 21.8 Å². The number of benzene rings is 1. The molecule has 4 heteroatoms. The Balaban J connectivity index is 2.62. The van der Waals surface area contributed by atoms with Crippen LogP contribution in [0.2, 0.25) is 0 Å². The number of fused-ring (bicyclic) bond motifs is 3. The molecule has 0 fully saturated rings. The fraction of sp³-hybridized carbons (Fsp3) is 0.312. The van der Waals surface area contributed by atoms with Gasteiger partial charge in [0, 0.05) is 29.4 Å². The first kappa shape index (κ1) is 12.8. The van der Waals surface area contributed by atoms with Crippen molar-refractivity contribution in [1.29, 1.82) is 0 Å². The van der Waals surface area contributed by atoms with Crippen LogP contribution in [0.4, 0.5) is 0 Å². The molecule has 3 aromatic rings. The lowest BCUT2D eigenvalue weighted by molar-refractivity contribution is 0.567. The van der Waals surface area contributed by atoms with E-state index in [1.54, 1.807) is 17.8 Å². The van der Waals surface area contributed by atoms with E-state index in [2.05, 4.69) is 30.7 Å². The lowest BCUT2D eigenvalue weighted by Gasteiger charge is -2.21. The normalized spacial score (nSPS) is 12.2. The molecule has 0 radical (unpaired) electrons. The molecule has 0 N–H and O–H groups in total. The fourth-order valence-electron chi connectivity index (χ4n) is 2.56. The fourth-order valence-corrected chi connectivity index (χ4v) is 2.56.